The fourth-order valence-corrected chi connectivity index (χ4v) is 4.74. The molecule has 32 heavy (non-hydrogen) atoms. The van der Waals surface area contributed by atoms with Gasteiger partial charge in [0.25, 0.3) is 5.91 Å². The first-order valence-electron chi connectivity index (χ1n) is 9.37. The van der Waals surface area contributed by atoms with E-state index in [1.54, 1.807) is 12.1 Å². The van der Waals surface area contributed by atoms with Gasteiger partial charge in [-0.25, -0.2) is 21.9 Å². The zero-order valence-electron chi connectivity index (χ0n) is 16.6. The monoisotopic (exact) mass is 464 g/mol. The number of nitrogens with zero attached hydrogens (tertiary/aromatic N) is 2. The third-order valence-electron chi connectivity index (χ3n) is 4.87. The van der Waals surface area contributed by atoms with Crippen molar-refractivity contribution in [2.75, 3.05) is 11.9 Å². The molecule has 2 unspecified atom stereocenters. The molecule has 0 fully saturated rings. The molecule has 0 saturated heterocycles. The van der Waals surface area contributed by atoms with Crippen LogP contribution in [0, 0.1) is 11.6 Å². The van der Waals surface area contributed by atoms with Gasteiger partial charge >= 0.3 is 0 Å². The largest absolute Gasteiger partial charge is 0.488 e. The van der Waals surface area contributed by atoms with Crippen LogP contribution in [-0.4, -0.2) is 41.6 Å². The van der Waals surface area contributed by atoms with Crippen molar-refractivity contribution in [3.8, 4) is 5.75 Å². The maximum Gasteiger partial charge on any atom is 0.276 e. The lowest BCUT2D eigenvalue weighted by molar-refractivity contribution is 0.0990. The molecule has 2 aromatic heterocycles. The molecule has 2 atom stereocenters. The summed E-state index contributed by atoms with van der Waals surface area (Å²) >= 11 is 0. The highest BCUT2D eigenvalue weighted by Gasteiger charge is 2.37. The number of amides is 1. The number of aryl methyl sites for hydroxylation is 1. The number of rotatable bonds is 4. The number of aromatic nitrogens is 2. The Morgan fingerprint density at radius 2 is 2.09 bits per heavy atom. The number of carbonyl (C=O) groups is 1. The fraction of sp³-hybridized carbons (Fsp3) is 0.200. The van der Waals surface area contributed by atoms with E-state index < -0.39 is 39.7 Å². The summed E-state index contributed by atoms with van der Waals surface area (Å²) < 4.78 is 61.7. The van der Waals surface area contributed by atoms with Gasteiger partial charge in [0, 0.05) is 31.2 Å². The van der Waals surface area contributed by atoms with E-state index in [1.807, 2.05) is 0 Å². The minimum absolute atomic E-state index is 0.0260. The number of sulfonamides is 1. The maximum absolute atomic E-state index is 13.5. The molecular formula is C20H18F2N4O5S. The number of hydrogen-bond acceptors (Lipinski definition) is 6. The molecule has 0 spiro atoms. The Bertz CT molecular complexity index is 1280. The van der Waals surface area contributed by atoms with Crippen LogP contribution < -0.4 is 14.8 Å². The van der Waals surface area contributed by atoms with E-state index in [-0.39, 0.29) is 34.3 Å². The second kappa shape index (κ2) is 8.30. The Hall–Kier alpha value is -3.35. The van der Waals surface area contributed by atoms with Gasteiger partial charge < -0.3 is 19.7 Å². The lowest BCUT2D eigenvalue weighted by Gasteiger charge is -2.21. The summed E-state index contributed by atoms with van der Waals surface area (Å²) in [7, 11) is -2.74. The summed E-state index contributed by atoms with van der Waals surface area (Å²) in [6.07, 6.45) is 1.34. The van der Waals surface area contributed by atoms with Gasteiger partial charge in [-0.05, 0) is 24.3 Å². The van der Waals surface area contributed by atoms with E-state index in [9.17, 15) is 27.1 Å². The van der Waals surface area contributed by atoms with Crippen molar-refractivity contribution in [2.24, 2.45) is 7.05 Å². The minimum Gasteiger partial charge on any atom is -0.488 e. The van der Waals surface area contributed by atoms with Gasteiger partial charge in [0.2, 0.25) is 10.0 Å². The highest BCUT2D eigenvalue weighted by molar-refractivity contribution is 7.89. The lowest BCUT2D eigenvalue weighted by atomic mass is 10.1. The summed E-state index contributed by atoms with van der Waals surface area (Å²) in [5, 5.41) is 13.0. The van der Waals surface area contributed by atoms with Gasteiger partial charge in [-0.15, -0.1) is 0 Å². The zero-order chi connectivity index (χ0) is 23.0. The zero-order valence-corrected chi connectivity index (χ0v) is 17.4. The Morgan fingerprint density at radius 1 is 1.31 bits per heavy atom. The van der Waals surface area contributed by atoms with E-state index in [0.29, 0.717) is 0 Å². The van der Waals surface area contributed by atoms with Gasteiger partial charge in [0.1, 0.15) is 17.6 Å². The second-order valence-corrected chi connectivity index (χ2v) is 8.79. The van der Waals surface area contributed by atoms with Crippen LogP contribution in [0.25, 0.3) is 0 Å². The van der Waals surface area contributed by atoms with Crippen molar-refractivity contribution in [1.29, 1.82) is 0 Å². The van der Waals surface area contributed by atoms with Crippen molar-refractivity contribution in [1.82, 2.24) is 14.3 Å². The molecule has 1 amide bonds. The Labute approximate surface area is 181 Å². The summed E-state index contributed by atoms with van der Waals surface area (Å²) in [4.78, 5) is 16.5. The maximum atomic E-state index is 13.5. The minimum atomic E-state index is -4.17. The predicted octanol–water partition coefficient (Wildman–Crippen LogP) is 1.72. The number of carbonyl (C=O) groups excluding carboxylic acids is 1. The summed E-state index contributed by atoms with van der Waals surface area (Å²) in [5.74, 6) is -3.24. The normalized spacial score (nSPS) is 18.2. The van der Waals surface area contributed by atoms with Crippen LogP contribution in [0.4, 0.5) is 14.5 Å². The molecule has 3 aromatic rings. The van der Waals surface area contributed by atoms with Crippen LogP contribution in [0.15, 0.2) is 53.7 Å². The lowest BCUT2D eigenvalue weighted by Crippen LogP contribution is -2.41. The van der Waals surface area contributed by atoms with Crippen molar-refractivity contribution in [3.63, 3.8) is 0 Å². The van der Waals surface area contributed by atoms with Crippen molar-refractivity contribution in [3.05, 3.63) is 71.8 Å². The van der Waals surface area contributed by atoms with Gasteiger partial charge in [-0.3, -0.25) is 9.78 Å². The van der Waals surface area contributed by atoms with Crippen molar-refractivity contribution in [2.45, 2.75) is 17.0 Å². The SMILES string of the molecule is Cn1cc2c(c1C(=O)Nc1ccc(F)c(F)c1)OCC(C(O)c1ccccn1)NS2(=O)=O. The molecular weight excluding hydrogens is 446 g/mol. The average Bonchev–Trinajstić information content (AvgIpc) is 3.04. The Kier molecular flexibility index (Phi) is 5.67. The van der Waals surface area contributed by atoms with Gasteiger partial charge in [-0.1, -0.05) is 6.07 Å². The van der Waals surface area contributed by atoms with E-state index in [2.05, 4.69) is 15.0 Å². The third kappa shape index (κ3) is 4.07. The van der Waals surface area contributed by atoms with E-state index >= 15 is 0 Å². The number of anilines is 1. The number of fused-ring (bicyclic) bond motifs is 1. The van der Waals surface area contributed by atoms with E-state index in [0.717, 1.165) is 18.2 Å². The van der Waals surface area contributed by atoms with Gasteiger partial charge in [-0.2, -0.15) is 0 Å². The number of aliphatic hydroxyl groups is 1. The first kappa shape index (κ1) is 21.9. The highest BCUT2D eigenvalue weighted by atomic mass is 32.2. The fourth-order valence-electron chi connectivity index (χ4n) is 3.32. The smallest absolute Gasteiger partial charge is 0.276 e. The number of benzene rings is 1. The standard InChI is InChI=1S/C20H18F2N4O5S/c1-26-9-16-19(17(26)20(28)24-11-5-6-12(21)13(22)8-11)31-10-15(25-32(16,29)30)18(27)14-4-2-3-7-23-14/h2-9,15,18,25,27H,10H2,1H3,(H,24,28). The van der Waals surface area contributed by atoms with Crippen LogP contribution in [0.3, 0.4) is 0 Å². The molecule has 0 aliphatic carbocycles. The molecule has 1 aromatic carbocycles. The van der Waals surface area contributed by atoms with Crippen LogP contribution >= 0.6 is 0 Å². The van der Waals surface area contributed by atoms with Crippen LogP contribution in [0.2, 0.25) is 0 Å². The van der Waals surface area contributed by atoms with E-state index in [1.165, 1.54) is 30.1 Å². The van der Waals surface area contributed by atoms with Gasteiger partial charge in [0.15, 0.2) is 23.1 Å². The van der Waals surface area contributed by atoms with E-state index in [4.69, 9.17) is 4.74 Å². The molecule has 3 N–H and O–H groups in total. The number of aliphatic hydroxyl groups excluding tert-OH is 1. The molecule has 1 aliphatic heterocycles. The first-order chi connectivity index (χ1) is 15.2. The third-order valence-corrected chi connectivity index (χ3v) is 6.35. The second-order valence-electron chi connectivity index (χ2n) is 7.10. The van der Waals surface area contributed by atoms with Crippen LogP contribution in [0.1, 0.15) is 22.3 Å². The Balaban J connectivity index is 1.64. The van der Waals surface area contributed by atoms with Crippen LogP contribution in [0.5, 0.6) is 5.75 Å². The molecule has 12 heteroatoms. The molecule has 4 rings (SSSR count). The molecule has 0 bridgehead atoms. The molecule has 3 heterocycles. The topological polar surface area (TPSA) is 123 Å². The molecule has 0 radical (unpaired) electrons. The number of halogens is 2. The van der Waals surface area contributed by atoms with Crippen molar-refractivity contribution >= 4 is 21.6 Å². The van der Waals surface area contributed by atoms with Crippen LogP contribution in [-0.2, 0) is 17.1 Å². The number of ether oxygens (including phenoxy) is 1. The predicted molar refractivity (Wildman–Crippen MR) is 109 cm³/mol. The quantitative estimate of drug-likeness (QED) is 0.541. The number of hydrogen-bond donors (Lipinski definition) is 3. The summed E-state index contributed by atoms with van der Waals surface area (Å²) in [5.41, 5.74) is 0.0669. The Morgan fingerprint density at radius 3 is 2.78 bits per heavy atom. The summed E-state index contributed by atoms with van der Waals surface area (Å²) in [6.45, 7) is -0.292. The van der Waals surface area contributed by atoms with Crippen molar-refractivity contribution < 1.29 is 31.8 Å². The average molecular weight is 464 g/mol. The van der Waals surface area contributed by atoms with Gasteiger partial charge in [0.05, 0.1) is 11.7 Å². The molecule has 1 aliphatic rings. The summed E-state index contributed by atoms with van der Waals surface area (Å²) in [6, 6.07) is 6.58. The number of nitrogens with one attached hydrogen (secondary N) is 2. The molecule has 0 saturated carbocycles. The first-order valence-corrected chi connectivity index (χ1v) is 10.9. The number of pyridine rings is 1. The molecule has 9 nitrogen and oxygen atoms in total. The highest BCUT2D eigenvalue weighted by Crippen LogP contribution is 2.34. The molecule has 168 valence electrons.